The second-order valence-electron chi connectivity index (χ2n) is 4.03. The van der Waals surface area contributed by atoms with Gasteiger partial charge in [0, 0.05) is 11.9 Å². The van der Waals surface area contributed by atoms with Crippen LogP contribution in [0.5, 0.6) is 5.75 Å². The highest BCUT2D eigenvalue weighted by atomic mass is 32.2. The largest absolute Gasteiger partial charge is 0.497 e. The van der Waals surface area contributed by atoms with Crippen LogP contribution in [0.25, 0.3) is 0 Å². The highest BCUT2D eigenvalue weighted by Crippen LogP contribution is 2.20. The van der Waals surface area contributed by atoms with Crippen molar-refractivity contribution in [2.24, 2.45) is 0 Å². The van der Waals surface area contributed by atoms with E-state index < -0.39 is 0 Å². The quantitative estimate of drug-likeness (QED) is 0.859. The molecule has 6 heteroatoms. The third-order valence-electron chi connectivity index (χ3n) is 2.61. The number of benzene rings is 1. The van der Waals surface area contributed by atoms with Crippen LogP contribution in [-0.4, -0.2) is 23.8 Å². The van der Waals surface area contributed by atoms with Crippen molar-refractivity contribution in [2.45, 2.75) is 5.03 Å². The van der Waals surface area contributed by atoms with Gasteiger partial charge in [-0.05, 0) is 36.4 Å². The molecule has 0 radical (unpaired) electrons. The van der Waals surface area contributed by atoms with E-state index in [4.69, 9.17) is 10.00 Å². The van der Waals surface area contributed by atoms with E-state index in [0.717, 1.165) is 5.75 Å². The summed E-state index contributed by atoms with van der Waals surface area (Å²) in [6, 6.07) is 12.5. The maximum Gasteiger partial charge on any atom is 0.234 e. The van der Waals surface area contributed by atoms with E-state index >= 15 is 0 Å². The molecule has 1 N–H and O–H groups in total. The number of pyridine rings is 1. The second kappa shape index (κ2) is 7.31. The van der Waals surface area contributed by atoms with Gasteiger partial charge in [-0.25, -0.2) is 4.98 Å². The molecule has 1 heterocycles. The molecule has 0 fully saturated rings. The van der Waals surface area contributed by atoms with Crippen LogP contribution >= 0.6 is 11.8 Å². The van der Waals surface area contributed by atoms with Crippen LogP contribution in [-0.2, 0) is 4.79 Å². The fourth-order valence-electron chi connectivity index (χ4n) is 1.60. The molecule has 0 aliphatic rings. The molecule has 106 valence electrons. The molecule has 0 atom stereocenters. The third-order valence-corrected chi connectivity index (χ3v) is 3.61. The molecule has 1 aromatic heterocycles. The second-order valence-corrected chi connectivity index (χ2v) is 5.00. The number of amides is 1. The Bertz CT molecular complexity index is 665. The summed E-state index contributed by atoms with van der Waals surface area (Å²) in [5, 5.41) is 12.3. The van der Waals surface area contributed by atoms with Gasteiger partial charge in [-0.2, -0.15) is 5.26 Å². The lowest BCUT2D eigenvalue weighted by atomic mass is 10.3. The fourth-order valence-corrected chi connectivity index (χ4v) is 2.34. The molecule has 1 amide bonds. The summed E-state index contributed by atoms with van der Waals surface area (Å²) in [7, 11) is 1.59. The smallest absolute Gasteiger partial charge is 0.234 e. The number of nitriles is 1. The molecule has 0 bridgehead atoms. The zero-order valence-electron chi connectivity index (χ0n) is 11.4. The maximum absolute atomic E-state index is 11.9. The van der Waals surface area contributed by atoms with Crippen molar-refractivity contribution in [3.63, 3.8) is 0 Å². The normalized spacial score (nSPS) is 9.71. The molecular formula is C15H13N3O2S. The number of nitrogens with zero attached hydrogens (tertiary/aromatic N) is 2. The molecule has 21 heavy (non-hydrogen) atoms. The molecule has 0 spiro atoms. The Hall–Kier alpha value is -2.52. The Morgan fingerprint density at radius 3 is 2.81 bits per heavy atom. The Labute approximate surface area is 127 Å². The summed E-state index contributed by atoms with van der Waals surface area (Å²) in [6.07, 6.45) is 1.60. The minimum atomic E-state index is -0.153. The van der Waals surface area contributed by atoms with Crippen molar-refractivity contribution >= 4 is 23.4 Å². The molecule has 0 aliphatic carbocycles. The minimum absolute atomic E-state index is 0.153. The summed E-state index contributed by atoms with van der Waals surface area (Å²) >= 11 is 1.24. The Balaban J connectivity index is 1.91. The van der Waals surface area contributed by atoms with E-state index in [1.165, 1.54) is 11.8 Å². The van der Waals surface area contributed by atoms with E-state index in [1.54, 1.807) is 49.7 Å². The van der Waals surface area contributed by atoms with Crippen molar-refractivity contribution in [1.29, 1.82) is 5.26 Å². The molecule has 2 aromatic rings. The molecule has 0 unspecified atom stereocenters. The molecule has 0 aliphatic heterocycles. The number of hydrogen-bond acceptors (Lipinski definition) is 5. The first-order valence-electron chi connectivity index (χ1n) is 6.14. The molecular weight excluding hydrogens is 286 g/mol. The average Bonchev–Trinajstić information content (AvgIpc) is 2.54. The van der Waals surface area contributed by atoms with Crippen LogP contribution in [0, 0.1) is 11.3 Å². The lowest BCUT2D eigenvalue weighted by Crippen LogP contribution is -2.14. The van der Waals surface area contributed by atoms with Gasteiger partial charge < -0.3 is 10.1 Å². The van der Waals surface area contributed by atoms with E-state index in [1.807, 2.05) is 0 Å². The Morgan fingerprint density at radius 1 is 1.38 bits per heavy atom. The zero-order valence-corrected chi connectivity index (χ0v) is 12.2. The number of rotatable bonds is 5. The summed E-state index contributed by atoms with van der Waals surface area (Å²) in [4.78, 5) is 16.0. The molecule has 0 saturated carbocycles. The van der Waals surface area contributed by atoms with Crippen LogP contribution < -0.4 is 10.1 Å². The van der Waals surface area contributed by atoms with Gasteiger partial charge in [0.05, 0.1) is 18.4 Å². The van der Waals surface area contributed by atoms with E-state index in [9.17, 15) is 4.79 Å². The Morgan fingerprint density at radius 2 is 2.14 bits per heavy atom. The van der Waals surface area contributed by atoms with Gasteiger partial charge in [-0.15, -0.1) is 0 Å². The fraction of sp³-hybridized carbons (Fsp3) is 0.133. The van der Waals surface area contributed by atoms with Crippen molar-refractivity contribution < 1.29 is 9.53 Å². The van der Waals surface area contributed by atoms with Crippen LogP contribution in [0.3, 0.4) is 0 Å². The average molecular weight is 299 g/mol. The number of ether oxygens (including phenoxy) is 1. The van der Waals surface area contributed by atoms with Crippen molar-refractivity contribution in [3.8, 4) is 11.8 Å². The van der Waals surface area contributed by atoms with Crippen molar-refractivity contribution in [1.82, 2.24) is 4.98 Å². The van der Waals surface area contributed by atoms with Crippen molar-refractivity contribution in [2.75, 3.05) is 18.2 Å². The number of thioether (sulfide) groups is 1. The van der Waals surface area contributed by atoms with E-state index in [0.29, 0.717) is 16.3 Å². The number of hydrogen-bond donors (Lipinski definition) is 1. The first kappa shape index (κ1) is 14.9. The molecule has 5 nitrogen and oxygen atoms in total. The highest BCUT2D eigenvalue weighted by Gasteiger charge is 2.08. The third kappa shape index (κ3) is 4.23. The van der Waals surface area contributed by atoms with Crippen LogP contribution in [0.1, 0.15) is 5.56 Å². The van der Waals surface area contributed by atoms with Crippen molar-refractivity contribution in [3.05, 3.63) is 48.2 Å². The topological polar surface area (TPSA) is 75.0 Å². The first-order chi connectivity index (χ1) is 10.2. The van der Waals surface area contributed by atoms with Gasteiger partial charge in [-0.1, -0.05) is 11.8 Å². The summed E-state index contributed by atoms with van der Waals surface area (Å²) in [6.45, 7) is 0. The zero-order chi connectivity index (χ0) is 15.1. The Kier molecular flexibility index (Phi) is 5.18. The predicted molar refractivity (Wildman–Crippen MR) is 81.3 cm³/mol. The maximum atomic E-state index is 11.9. The minimum Gasteiger partial charge on any atom is -0.497 e. The monoisotopic (exact) mass is 299 g/mol. The number of nitrogens with one attached hydrogen (secondary N) is 1. The number of aromatic nitrogens is 1. The van der Waals surface area contributed by atoms with Gasteiger partial charge >= 0.3 is 0 Å². The lowest BCUT2D eigenvalue weighted by Gasteiger charge is -2.06. The van der Waals surface area contributed by atoms with Crippen LogP contribution in [0.15, 0.2) is 47.6 Å². The molecule has 2 rings (SSSR count). The first-order valence-corrected chi connectivity index (χ1v) is 7.13. The predicted octanol–water partition coefficient (Wildman–Crippen LogP) is 2.69. The van der Waals surface area contributed by atoms with Gasteiger partial charge in [-0.3, -0.25) is 4.79 Å². The van der Waals surface area contributed by atoms with Gasteiger partial charge in [0.1, 0.15) is 16.8 Å². The molecule has 1 aromatic carbocycles. The number of methoxy groups -OCH3 is 1. The van der Waals surface area contributed by atoms with Gasteiger partial charge in [0.15, 0.2) is 0 Å². The van der Waals surface area contributed by atoms with E-state index in [2.05, 4.69) is 16.4 Å². The van der Waals surface area contributed by atoms with Gasteiger partial charge in [0.2, 0.25) is 5.91 Å². The summed E-state index contributed by atoms with van der Waals surface area (Å²) < 4.78 is 5.05. The molecule has 0 saturated heterocycles. The SMILES string of the molecule is COc1ccc(NC(=O)CSc2ncccc2C#N)cc1. The number of anilines is 1. The van der Waals surface area contributed by atoms with Gasteiger partial charge in [0.25, 0.3) is 0 Å². The standard InChI is InChI=1S/C15H13N3O2S/c1-20-13-6-4-12(5-7-13)18-14(19)10-21-15-11(9-16)3-2-8-17-15/h2-8H,10H2,1H3,(H,18,19). The highest BCUT2D eigenvalue weighted by molar-refractivity contribution is 8.00. The van der Waals surface area contributed by atoms with Crippen LogP contribution in [0.4, 0.5) is 5.69 Å². The number of carbonyl (C=O) groups is 1. The lowest BCUT2D eigenvalue weighted by molar-refractivity contribution is -0.113. The summed E-state index contributed by atoms with van der Waals surface area (Å²) in [5.74, 6) is 0.770. The van der Waals surface area contributed by atoms with E-state index in [-0.39, 0.29) is 11.7 Å². The number of carbonyl (C=O) groups excluding carboxylic acids is 1. The summed E-state index contributed by atoms with van der Waals surface area (Å²) in [5.41, 5.74) is 1.17. The van der Waals surface area contributed by atoms with Crippen LogP contribution in [0.2, 0.25) is 0 Å².